The predicted octanol–water partition coefficient (Wildman–Crippen LogP) is 0.834. The van der Waals surface area contributed by atoms with Gasteiger partial charge in [0, 0.05) is 11.3 Å². The third-order valence-electron chi connectivity index (χ3n) is 2.89. The summed E-state index contributed by atoms with van der Waals surface area (Å²) in [5, 5.41) is 16.9. The summed E-state index contributed by atoms with van der Waals surface area (Å²) in [5.41, 5.74) is 1.56. The van der Waals surface area contributed by atoms with E-state index in [1.807, 2.05) is 0 Å². The van der Waals surface area contributed by atoms with Gasteiger partial charge in [0.25, 0.3) is 0 Å². The minimum absolute atomic E-state index is 0.0620. The number of aliphatic hydroxyl groups excluding tert-OH is 1. The van der Waals surface area contributed by atoms with E-state index in [4.69, 9.17) is 4.42 Å². The molecule has 92 valence electrons. The van der Waals surface area contributed by atoms with Crippen molar-refractivity contribution in [3.63, 3.8) is 0 Å². The van der Waals surface area contributed by atoms with E-state index in [9.17, 15) is 9.90 Å². The standard InChI is InChI=1S/C12H11N3O3/c16-10-5-11(17)15(6-10)9-3-1-8(2-4-9)12-14-13-7-18-12/h1-4,7,10,16H,5-6H2. The highest BCUT2D eigenvalue weighted by molar-refractivity contribution is 5.96. The Bertz CT molecular complexity index is 550. The zero-order valence-electron chi connectivity index (χ0n) is 9.48. The lowest BCUT2D eigenvalue weighted by molar-refractivity contribution is -0.117. The molecule has 1 aliphatic heterocycles. The van der Waals surface area contributed by atoms with Crippen molar-refractivity contribution in [1.29, 1.82) is 0 Å². The largest absolute Gasteiger partial charge is 0.423 e. The number of amides is 1. The van der Waals surface area contributed by atoms with Crippen molar-refractivity contribution in [2.75, 3.05) is 11.4 Å². The van der Waals surface area contributed by atoms with Crippen LogP contribution in [0, 0.1) is 0 Å². The van der Waals surface area contributed by atoms with Gasteiger partial charge in [0.15, 0.2) is 0 Å². The maximum atomic E-state index is 11.6. The molecule has 1 saturated heterocycles. The number of carbonyl (C=O) groups is 1. The molecule has 6 heteroatoms. The van der Waals surface area contributed by atoms with E-state index in [1.165, 1.54) is 6.39 Å². The molecular formula is C12H11N3O3. The Morgan fingerprint density at radius 2 is 2.11 bits per heavy atom. The molecule has 1 atom stereocenters. The highest BCUT2D eigenvalue weighted by Crippen LogP contribution is 2.24. The summed E-state index contributed by atoms with van der Waals surface area (Å²) in [6.07, 6.45) is 0.878. The normalized spacial score (nSPS) is 19.5. The Balaban J connectivity index is 1.85. The fraction of sp³-hybridized carbons (Fsp3) is 0.250. The molecule has 0 bridgehead atoms. The molecule has 3 rings (SSSR count). The number of rotatable bonds is 2. The van der Waals surface area contributed by atoms with Gasteiger partial charge in [-0.3, -0.25) is 4.79 Å². The topological polar surface area (TPSA) is 79.5 Å². The summed E-state index contributed by atoms with van der Waals surface area (Å²) in [6, 6.07) is 7.21. The third-order valence-corrected chi connectivity index (χ3v) is 2.89. The average Bonchev–Trinajstić information content (AvgIpc) is 2.99. The number of aromatic nitrogens is 2. The van der Waals surface area contributed by atoms with Gasteiger partial charge in [-0.05, 0) is 24.3 Å². The Labute approximate surface area is 103 Å². The summed E-state index contributed by atoms with van der Waals surface area (Å²) in [5.74, 6) is 0.377. The van der Waals surface area contributed by atoms with Crippen molar-refractivity contribution in [2.45, 2.75) is 12.5 Å². The minimum Gasteiger partial charge on any atom is -0.423 e. The van der Waals surface area contributed by atoms with Gasteiger partial charge in [0.1, 0.15) is 0 Å². The highest BCUT2D eigenvalue weighted by Gasteiger charge is 2.28. The van der Waals surface area contributed by atoms with Crippen LogP contribution in [0.3, 0.4) is 0 Å². The van der Waals surface area contributed by atoms with Crippen LogP contribution in [0.25, 0.3) is 11.5 Å². The molecule has 0 aliphatic carbocycles. The van der Waals surface area contributed by atoms with Gasteiger partial charge >= 0.3 is 0 Å². The van der Waals surface area contributed by atoms with Gasteiger partial charge in [-0.15, -0.1) is 10.2 Å². The number of aliphatic hydroxyl groups is 1. The zero-order valence-corrected chi connectivity index (χ0v) is 9.48. The zero-order chi connectivity index (χ0) is 12.5. The molecule has 0 spiro atoms. The Morgan fingerprint density at radius 1 is 1.33 bits per heavy atom. The van der Waals surface area contributed by atoms with Gasteiger partial charge in [-0.2, -0.15) is 0 Å². The molecule has 18 heavy (non-hydrogen) atoms. The molecule has 1 amide bonds. The number of hydrogen-bond donors (Lipinski definition) is 1. The maximum Gasteiger partial charge on any atom is 0.247 e. The Morgan fingerprint density at radius 3 is 2.67 bits per heavy atom. The van der Waals surface area contributed by atoms with Crippen LogP contribution in [0.4, 0.5) is 5.69 Å². The Kier molecular flexibility index (Phi) is 2.56. The average molecular weight is 245 g/mol. The van der Waals surface area contributed by atoms with Crippen molar-refractivity contribution >= 4 is 11.6 Å². The van der Waals surface area contributed by atoms with Crippen molar-refractivity contribution in [2.24, 2.45) is 0 Å². The number of anilines is 1. The summed E-state index contributed by atoms with van der Waals surface area (Å²) >= 11 is 0. The minimum atomic E-state index is -0.576. The first-order chi connectivity index (χ1) is 8.74. The van der Waals surface area contributed by atoms with E-state index in [1.54, 1.807) is 29.2 Å². The second-order valence-corrected chi connectivity index (χ2v) is 4.15. The fourth-order valence-corrected chi connectivity index (χ4v) is 2.02. The number of β-amino-alcohol motifs (C(OH)–C–C–N with tert-alkyl or cyclic N) is 1. The van der Waals surface area contributed by atoms with Crippen LogP contribution in [0.15, 0.2) is 35.1 Å². The van der Waals surface area contributed by atoms with Crippen molar-refractivity contribution < 1.29 is 14.3 Å². The molecule has 1 unspecified atom stereocenters. The summed E-state index contributed by atoms with van der Waals surface area (Å²) < 4.78 is 5.08. The van der Waals surface area contributed by atoms with E-state index in [0.29, 0.717) is 12.4 Å². The lowest BCUT2D eigenvalue weighted by Crippen LogP contribution is -2.25. The first-order valence-corrected chi connectivity index (χ1v) is 5.59. The van der Waals surface area contributed by atoms with E-state index in [2.05, 4.69) is 10.2 Å². The quantitative estimate of drug-likeness (QED) is 0.847. The Hall–Kier alpha value is -2.21. The first-order valence-electron chi connectivity index (χ1n) is 5.59. The summed E-state index contributed by atoms with van der Waals surface area (Å²) in [4.78, 5) is 13.2. The van der Waals surface area contributed by atoms with Crippen LogP contribution in [0.2, 0.25) is 0 Å². The van der Waals surface area contributed by atoms with E-state index in [0.717, 1.165) is 11.3 Å². The van der Waals surface area contributed by atoms with E-state index >= 15 is 0 Å². The lowest BCUT2D eigenvalue weighted by Gasteiger charge is -2.15. The predicted molar refractivity (Wildman–Crippen MR) is 62.7 cm³/mol. The van der Waals surface area contributed by atoms with Crippen LogP contribution < -0.4 is 4.90 Å². The molecule has 0 saturated carbocycles. The molecule has 0 radical (unpaired) electrons. The maximum absolute atomic E-state index is 11.6. The van der Waals surface area contributed by atoms with Crippen molar-refractivity contribution in [1.82, 2.24) is 10.2 Å². The summed E-state index contributed by atoms with van der Waals surface area (Å²) in [6.45, 7) is 0.346. The monoisotopic (exact) mass is 245 g/mol. The second kappa shape index (κ2) is 4.23. The lowest BCUT2D eigenvalue weighted by atomic mass is 10.2. The second-order valence-electron chi connectivity index (χ2n) is 4.15. The molecule has 1 aliphatic rings. The molecule has 1 fully saturated rings. The van der Waals surface area contributed by atoms with E-state index < -0.39 is 6.10 Å². The molecule has 2 heterocycles. The smallest absolute Gasteiger partial charge is 0.247 e. The van der Waals surface area contributed by atoms with Gasteiger partial charge in [0.05, 0.1) is 19.1 Å². The number of carbonyl (C=O) groups excluding carboxylic acids is 1. The number of hydrogen-bond acceptors (Lipinski definition) is 5. The van der Waals surface area contributed by atoms with Crippen molar-refractivity contribution in [3.8, 4) is 11.5 Å². The van der Waals surface area contributed by atoms with Gasteiger partial charge in [0.2, 0.25) is 18.2 Å². The van der Waals surface area contributed by atoms with Crippen LogP contribution in [-0.4, -0.2) is 33.9 Å². The molecule has 2 aromatic rings. The van der Waals surface area contributed by atoms with Crippen LogP contribution in [0.5, 0.6) is 0 Å². The van der Waals surface area contributed by atoms with Crippen molar-refractivity contribution in [3.05, 3.63) is 30.7 Å². The highest BCUT2D eigenvalue weighted by atomic mass is 16.4. The molecule has 6 nitrogen and oxygen atoms in total. The van der Waals surface area contributed by atoms with Gasteiger partial charge < -0.3 is 14.4 Å². The van der Waals surface area contributed by atoms with Crippen LogP contribution in [0.1, 0.15) is 6.42 Å². The first kappa shape index (κ1) is 10.9. The molecule has 1 N–H and O–H groups in total. The fourth-order valence-electron chi connectivity index (χ4n) is 2.02. The van der Waals surface area contributed by atoms with E-state index in [-0.39, 0.29) is 12.3 Å². The molecule has 1 aromatic carbocycles. The van der Waals surface area contributed by atoms with Gasteiger partial charge in [-0.1, -0.05) is 0 Å². The van der Waals surface area contributed by atoms with Crippen LogP contribution in [-0.2, 0) is 4.79 Å². The molecule has 1 aromatic heterocycles. The number of nitrogens with zero attached hydrogens (tertiary/aromatic N) is 3. The third kappa shape index (κ3) is 1.86. The van der Waals surface area contributed by atoms with Crippen LogP contribution >= 0.6 is 0 Å². The van der Waals surface area contributed by atoms with Gasteiger partial charge in [-0.25, -0.2) is 0 Å². The SMILES string of the molecule is O=C1CC(O)CN1c1ccc(-c2nnco2)cc1. The summed E-state index contributed by atoms with van der Waals surface area (Å²) in [7, 11) is 0. The number of benzene rings is 1. The molecular weight excluding hydrogens is 234 g/mol.